The van der Waals surface area contributed by atoms with Crippen LogP contribution in [0.25, 0.3) is 0 Å². The maximum atomic E-state index is 12.3. The number of rotatable bonds is 8. The Morgan fingerprint density at radius 2 is 1.86 bits per heavy atom. The highest BCUT2D eigenvalue weighted by Crippen LogP contribution is 2.31. The van der Waals surface area contributed by atoms with Gasteiger partial charge in [-0.1, -0.05) is 26.7 Å². The van der Waals surface area contributed by atoms with Gasteiger partial charge in [0.1, 0.15) is 12.1 Å². The largest absolute Gasteiger partial charge is 0.464 e. The molecule has 0 heterocycles. The molecule has 6 heteroatoms. The third-order valence-electron chi connectivity index (χ3n) is 3.66. The highest BCUT2D eigenvalue weighted by atomic mass is 35.5. The van der Waals surface area contributed by atoms with Crippen molar-refractivity contribution < 1.29 is 19.1 Å². The van der Waals surface area contributed by atoms with E-state index in [1.54, 1.807) is 0 Å². The molecule has 0 aromatic rings. The number of alkyl halides is 1. The Bertz CT molecular complexity index is 341. The van der Waals surface area contributed by atoms with E-state index in [0.717, 1.165) is 25.7 Å². The van der Waals surface area contributed by atoms with E-state index in [9.17, 15) is 9.59 Å². The van der Waals surface area contributed by atoms with Gasteiger partial charge in [0.2, 0.25) is 0 Å². The molecule has 0 radical (unpaired) electrons. The SMILES string of the molecule is CC(C)CCCOC(=O)C1(NC(=O)OCCCl)CCCC1. The van der Waals surface area contributed by atoms with E-state index in [0.29, 0.717) is 25.4 Å². The van der Waals surface area contributed by atoms with Crippen LogP contribution in [0, 0.1) is 5.92 Å². The van der Waals surface area contributed by atoms with Crippen LogP contribution in [-0.2, 0) is 14.3 Å². The average molecular weight is 320 g/mol. The van der Waals surface area contributed by atoms with Crippen molar-refractivity contribution in [2.75, 3.05) is 19.1 Å². The lowest BCUT2D eigenvalue weighted by molar-refractivity contribution is -0.151. The number of alkyl carbamates (subject to hydrolysis) is 1. The molecule has 21 heavy (non-hydrogen) atoms. The molecule has 0 aromatic heterocycles. The van der Waals surface area contributed by atoms with Gasteiger partial charge in [0.05, 0.1) is 12.5 Å². The first-order chi connectivity index (χ1) is 10.00. The van der Waals surface area contributed by atoms with Gasteiger partial charge in [-0.3, -0.25) is 0 Å². The second-order valence-electron chi connectivity index (χ2n) is 5.91. The number of amides is 1. The average Bonchev–Trinajstić information content (AvgIpc) is 2.90. The van der Waals surface area contributed by atoms with Crippen molar-refractivity contribution in [1.82, 2.24) is 5.32 Å². The van der Waals surface area contributed by atoms with Crippen molar-refractivity contribution in [3.8, 4) is 0 Å². The summed E-state index contributed by atoms with van der Waals surface area (Å²) < 4.78 is 10.2. The van der Waals surface area contributed by atoms with E-state index >= 15 is 0 Å². The fourth-order valence-electron chi connectivity index (χ4n) is 2.52. The van der Waals surface area contributed by atoms with Crippen LogP contribution < -0.4 is 5.32 Å². The van der Waals surface area contributed by atoms with E-state index in [1.807, 2.05) is 0 Å². The molecule has 1 aliphatic carbocycles. The maximum absolute atomic E-state index is 12.3. The Balaban J connectivity index is 2.46. The fourth-order valence-corrected chi connectivity index (χ4v) is 2.59. The summed E-state index contributed by atoms with van der Waals surface area (Å²) in [7, 11) is 0. The van der Waals surface area contributed by atoms with Crippen LogP contribution in [-0.4, -0.2) is 36.7 Å². The number of ether oxygens (including phenoxy) is 2. The molecule has 1 fully saturated rings. The van der Waals surface area contributed by atoms with Gasteiger partial charge in [0.25, 0.3) is 0 Å². The third kappa shape index (κ3) is 6.12. The van der Waals surface area contributed by atoms with Crippen molar-refractivity contribution in [2.45, 2.75) is 57.9 Å². The summed E-state index contributed by atoms with van der Waals surface area (Å²) in [5.74, 6) is 0.486. The van der Waals surface area contributed by atoms with Gasteiger partial charge in [0.15, 0.2) is 0 Å². The summed E-state index contributed by atoms with van der Waals surface area (Å²) in [4.78, 5) is 24.0. The Kier molecular flexibility index (Phi) is 7.86. The van der Waals surface area contributed by atoms with Gasteiger partial charge in [0, 0.05) is 0 Å². The predicted octanol–water partition coefficient (Wildman–Crippen LogP) is 3.24. The molecular weight excluding hydrogens is 294 g/mol. The van der Waals surface area contributed by atoms with Gasteiger partial charge < -0.3 is 14.8 Å². The van der Waals surface area contributed by atoms with E-state index in [4.69, 9.17) is 21.1 Å². The Hall–Kier alpha value is -0.970. The van der Waals surface area contributed by atoms with Crippen molar-refractivity contribution in [3.05, 3.63) is 0 Å². The Labute approximate surface area is 131 Å². The zero-order valence-corrected chi connectivity index (χ0v) is 13.7. The van der Waals surface area contributed by atoms with Crippen molar-refractivity contribution >= 4 is 23.7 Å². The van der Waals surface area contributed by atoms with Gasteiger partial charge in [-0.05, 0) is 31.6 Å². The standard InChI is InChI=1S/C15H26ClNO4/c1-12(2)6-5-10-20-13(18)15(7-3-4-8-15)17-14(19)21-11-9-16/h12H,3-11H2,1-2H3,(H,17,19). The molecule has 1 amide bonds. The zero-order chi connectivity index (χ0) is 15.7. The van der Waals surface area contributed by atoms with Gasteiger partial charge in [-0.25, -0.2) is 9.59 Å². The lowest BCUT2D eigenvalue weighted by atomic mass is 9.98. The summed E-state index contributed by atoms with van der Waals surface area (Å²) in [6.07, 6.45) is 4.27. The summed E-state index contributed by atoms with van der Waals surface area (Å²) in [6.45, 7) is 4.80. The second kappa shape index (κ2) is 9.13. The fraction of sp³-hybridized carbons (Fsp3) is 0.867. The first kappa shape index (κ1) is 18.1. The van der Waals surface area contributed by atoms with Crippen molar-refractivity contribution in [3.63, 3.8) is 0 Å². The quantitative estimate of drug-likeness (QED) is 0.424. The van der Waals surface area contributed by atoms with E-state index in [1.165, 1.54) is 0 Å². The van der Waals surface area contributed by atoms with Gasteiger partial charge in [-0.2, -0.15) is 0 Å². The molecule has 122 valence electrons. The molecule has 0 aromatic carbocycles. The minimum atomic E-state index is -0.915. The topological polar surface area (TPSA) is 64.6 Å². The van der Waals surface area contributed by atoms with Crippen molar-refractivity contribution in [2.24, 2.45) is 5.92 Å². The molecule has 0 bridgehead atoms. The monoisotopic (exact) mass is 319 g/mol. The van der Waals surface area contributed by atoms with Crippen LogP contribution in [0.4, 0.5) is 4.79 Å². The predicted molar refractivity (Wildman–Crippen MR) is 81.4 cm³/mol. The minimum Gasteiger partial charge on any atom is -0.464 e. The molecular formula is C15H26ClNO4. The molecule has 1 N–H and O–H groups in total. The Morgan fingerprint density at radius 1 is 1.19 bits per heavy atom. The van der Waals surface area contributed by atoms with Crippen LogP contribution in [0.1, 0.15) is 52.4 Å². The third-order valence-corrected chi connectivity index (χ3v) is 3.81. The molecule has 0 saturated heterocycles. The molecule has 5 nitrogen and oxygen atoms in total. The molecule has 1 saturated carbocycles. The Morgan fingerprint density at radius 3 is 2.43 bits per heavy atom. The molecule has 0 unspecified atom stereocenters. The van der Waals surface area contributed by atoms with Crippen LogP contribution >= 0.6 is 11.6 Å². The summed E-state index contributed by atoms with van der Waals surface area (Å²) >= 11 is 5.47. The summed E-state index contributed by atoms with van der Waals surface area (Å²) in [5.41, 5.74) is -0.915. The molecule has 0 aliphatic heterocycles. The van der Waals surface area contributed by atoms with Crippen molar-refractivity contribution in [1.29, 1.82) is 0 Å². The summed E-state index contributed by atoms with van der Waals surface area (Å²) in [5, 5.41) is 2.68. The smallest absolute Gasteiger partial charge is 0.408 e. The zero-order valence-electron chi connectivity index (χ0n) is 13.0. The number of carbonyl (C=O) groups is 2. The van der Waals surface area contributed by atoms with E-state index < -0.39 is 11.6 Å². The first-order valence-corrected chi connectivity index (χ1v) is 8.22. The lowest BCUT2D eigenvalue weighted by Gasteiger charge is -2.27. The highest BCUT2D eigenvalue weighted by Gasteiger charge is 2.44. The van der Waals surface area contributed by atoms with Crippen LogP contribution in [0.2, 0.25) is 0 Å². The molecule has 1 rings (SSSR count). The number of nitrogens with one attached hydrogen (secondary N) is 1. The number of hydrogen-bond acceptors (Lipinski definition) is 4. The number of carbonyl (C=O) groups excluding carboxylic acids is 2. The van der Waals surface area contributed by atoms with E-state index in [-0.39, 0.29) is 18.5 Å². The number of hydrogen-bond donors (Lipinski definition) is 1. The van der Waals surface area contributed by atoms with Gasteiger partial charge in [-0.15, -0.1) is 11.6 Å². The van der Waals surface area contributed by atoms with E-state index in [2.05, 4.69) is 19.2 Å². The van der Waals surface area contributed by atoms with Crippen LogP contribution in [0.5, 0.6) is 0 Å². The van der Waals surface area contributed by atoms with Crippen LogP contribution in [0.3, 0.4) is 0 Å². The van der Waals surface area contributed by atoms with Crippen LogP contribution in [0.15, 0.2) is 0 Å². The maximum Gasteiger partial charge on any atom is 0.408 e. The minimum absolute atomic E-state index is 0.132. The normalized spacial score (nSPS) is 16.8. The first-order valence-electron chi connectivity index (χ1n) is 7.68. The number of esters is 1. The molecule has 0 atom stereocenters. The summed E-state index contributed by atoms with van der Waals surface area (Å²) in [6, 6.07) is 0. The molecule has 1 aliphatic rings. The molecule has 0 spiro atoms. The van der Waals surface area contributed by atoms with Gasteiger partial charge >= 0.3 is 12.1 Å². The lowest BCUT2D eigenvalue weighted by Crippen LogP contribution is -2.53. The number of halogens is 1. The second-order valence-corrected chi connectivity index (χ2v) is 6.29. The highest BCUT2D eigenvalue weighted by molar-refractivity contribution is 6.18.